The normalized spacial score (nSPS) is 11.1. The second-order valence-corrected chi connectivity index (χ2v) is 6.96. The molecule has 0 heterocycles. The van der Waals surface area contributed by atoms with Crippen molar-refractivity contribution < 1.29 is 14.0 Å². The lowest BCUT2D eigenvalue weighted by atomic mass is 9.91. The van der Waals surface area contributed by atoms with Crippen molar-refractivity contribution in [2.75, 3.05) is 11.9 Å². The molecule has 2 aromatic rings. The van der Waals surface area contributed by atoms with Crippen LogP contribution in [-0.4, -0.2) is 18.4 Å². The molecule has 0 saturated carbocycles. The van der Waals surface area contributed by atoms with Crippen LogP contribution in [0.2, 0.25) is 5.02 Å². The average Bonchev–Trinajstić information content (AvgIpc) is 2.62. The molecular formula is C20H22ClFN2O2. The van der Waals surface area contributed by atoms with Crippen molar-refractivity contribution in [2.24, 2.45) is 5.41 Å². The summed E-state index contributed by atoms with van der Waals surface area (Å²) in [5.41, 5.74) is 0.270. The van der Waals surface area contributed by atoms with Crippen LogP contribution in [0.25, 0.3) is 0 Å². The van der Waals surface area contributed by atoms with Gasteiger partial charge < -0.3 is 10.6 Å². The lowest BCUT2D eigenvalue weighted by Crippen LogP contribution is -2.45. The maximum absolute atomic E-state index is 13.2. The highest BCUT2D eigenvalue weighted by Gasteiger charge is 2.35. The van der Waals surface area contributed by atoms with Crippen molar-refractivity contribution in [1.82, 2.24) is 5.32 Å². The molecule has 2 rings (SSSR count). The number of carbonyl (C=O) groups is 2. The Morgan fingerprint density at radius 3 is 2.42 bits per heavy atom. The number of hydrogen-bond donors (Lipinski definition) is 2. The zero-order chi connectivity index (χ0) is 19.2. The maximum Gasteiger partial charge on any atom is 0.239 e. The molecule has 0 unspecified atom stereocenters. The monoisotopic (exact) mass is 376 g/mol. The van der Waals surface area contributed by atoms with Crippen LogP contribution in [0.15, 0.2) is 48.5 Å². The Bertz CT molecular complexity index is 779. The molecular weight excluding hydrogens is 355 g/mol. The summed E-state index contributed by atoms with van der Waals surface area (Å²) in [5, 5.41) is 5.30. The SMILES string of the molecule is CC(C)(C(=O)NCCCc1ccccc1)C(=O)Nc1ccc(F)c(Cl)c1. The van der Waals surface area contributed by atoms with E-state index in [4.69, 9.17) is 11.6 Å². The minimum atomic E-state index is -1.27. The van der Waals surface area contributed by atoms with E-state index in [9.17, 15) is 14.0 Å². The lowest BCUT2D eigenvalue weighted by molar-refractivity contribution is -0.138. The predicted octanol–water partition coefficient (Wildman–Crippen LogP) is 4.19. The molecule has 0 bridgehead atoms. The van der Waals surface area contributed by atoms with Gasteiger partial charge in [-0.1, -0.05) is 41.9 Å². The van der Waals surface area contributed by atoms with Crippen LogP contribution in [0.1, 0.15) is 25.8 Å². The first-order valence-electron chi connectivity index (χ1n) is 8.39. The van der Waals surface area contributed by atoms with Gasteiger partial charge in [0, 0.05) is 12.2 Å². The number of rotatable bonds is 7. The molecule has 6 heteroatoms. The Labute approximate surface area is 157 Å². The Morgan fingerprint density at radius 2 is 1.77 bits per heavy atom. The van der Waals surface area contributed by atoms with Gasteiger partial charge in [-0.15, -0.1) is 0 Å². The predicted molar refractivity (Wildman–Crippen MR) is 102 cm³/mol. The van der Waals surface area contributed by atoms with Crippen molar-refractivity contribution in [1.29, 1.82) is 0 Å². The number of anilines is 1. The van der Waals surface area contributed by atoms with E-state index in [1.807, 2.05) is 30.3 Å². The van der Waals surface area contributed by atoms with E-state index in [0.717, 1.165) is 18.9 Å². The summed E-state index contributed by atoms with van der Waals surface area (Å²) in [6.07, 6.45) is 1.63. The van der Waals surface area contributed by atoms with Crippen LogP contribution in [0, 0.1) is 11.2 Å². The van der Waals surface area contributed by atoms with Crippen molar-refractivity contribution >= 4 is 29.1 Å². The van der Waals surface area contributed by atoms with Gasteiger partial charge in [0.05, 0.1) is 5.02 Å². The van der Waals surface area contributed by atoms with Crippen LogP contribution in [0.4, 0.5) is 10.1 Å². The molecule has 2 aromatic carbocycles. The van der Waals surface area contributed by atoms with E-state index in [2.05, 4.69) is 10.6 Å². The number of nitrogens with one attached hydrogen (secondary N) is 2. The molecule has 0 atom stereocenters. The smallest absolute Gasteiger partial charge is 0.239 e. The van der Waals surface area contributed by atoms with E-state index in [1.165, 1.54) is 17.7 Å². The van der Waals surface area contributed by atoms with Crippen LogP contribution in [0.3, 0.4) is 0 Å². The van der Waals surface area contributed by atoms with Crippen molar-refractivity contribution in [3.05, 3.63) is 64.9 Å². The molecule has 2 amide bonds. The van der Waals surface area contributed by atoms with E-state index >= 15 is 0 Å². The number of hydrogen-bond acceptors (Lipinski definition) is 2. The third-order valence-electron chi connectivity index (χ3n) is 4.08. The van der Waals surface area contributed by atoms with Gasteiger partial charge in [-0.2, -0.15) is 0 Å². The van der Waals surface area contributed by atoms with Gasteiger partial charge in [-0.05, 0) is 50.5 Å². The lowest BCUT2D eigenvalue weighted by Gasteiger charge is -2.22. The fraction of sp³-hybridized carbons (Fsp3) is 0.300. The quantitative estimate of drug-likeness (QED) is 0.562. The van der Waals surface area contributed by atoms with Gasteiger partial charge in [0.1, 0.15) is 11.2 Å². The summed E-state index contributed by atoms with van der Waals surface area (Å²) in [6.45, 7) is 3.56. The second kappa shape index (κ2) is 8.81. The zero-order valence-electron chi connectivity index (χ0n) is 14.8. The van der Waals surface area contributed by atoms with E-state index in [1.54, 1.807) is 13.8 Å². The number of benzene rings is 2. The molecule has 138 valence electrons. The minimum Gasteiger partial charge on any atom is -0.355 e. The number of halogens is 2. The van der Waals surface area contributed by atoms with Gasteiger partial charge >= 0.3 is 0 Å². The first kappa shape index (κ1) is 19.9. The first-order chi connectivity index (χ1) is 12.3. The molecule has 4 nitrogen and oxygen atoms in total. The molecule has 0 aliphatic rings. The molecule has 0 saturated heterocycles. The van der Waals surface area contributed by atoms with Crippen molar-refractivity contribution in [2.45, 2.75) is 26.7 Å². The third kappa shape index (κ3) is 5.30. The topological polar surface area (TPSA) is 58.2 Å². The van der Waals surface area contributed by atoms with Crippen LogP contribution >= 0.6 is 11.6 Å². The number of carbonyl (C=O) groups excluding carboxylic acids is 2. The fourth-order valence-electron chi connectivity index (χ4n) is 2.32. The summed E-state index contributed by atoms with van der Waals surface area (Å²) >= 11 is 5.70. The Hall–Kier alpha value is -2.40. The van der Waals surface area contributed by atoms with Gasteiger partial charge in [-0.3, -0.25) is 9.59 Å². The summed E-state index contributed by atoms with van der Waals surface area (Å²) in [7, 11) is 0. The largest absolute Gasteiger partial charge is 0.355 e. The molecule has 0 aromatic heterocycles. The Morgan fingerprint density at radius 1 is 1.08 bits per heavy atom. The van der Waals surface area contributed by atoms with E-state index < -0.39 is 17.1 Å². The Kier molecular flexibility index (Phi) is 6.75. The van der Waals surface area contributed by atoms with Crippen LogP contribution < -0.4 is 10.6 Å². The van der Waals surface area contributed by atoms with Crippen molar-refractivity contribution in [3.63, 3.8) is 0 Å². The van der Waals surface area contributed by atoms with Gasteiger partial charge in [0.25, 0.3) is 0 Å². The second-order valence-electron chi connectivity index (χ2n) is 6.55. The summed E-state index contributed by atoms with van der Waals surface area (Å²) < 4.78 is 13.2. The fourth-order valence-corrected chi connectivity index (χ4v) is 2.50. The van der Waals surface area contributed by atoms with Gasteiger partial charge in [0.2, 0.25) is 11.8 Å². The van der Waals surface area contributed by atoms with Crippen molar-refractivity contribution in [3.8, 4) is 0 Å². The van der Waals surface area contributed by atoms with Gasteiger partial charge in [-0.25, -0.2) is 4.39 Å². The van der Waals surface area contributed by atoms with Crippen LogP contribution in [0.5, 0.6) is 0 Å². The zero-order valence-corrected chi connectivity index (χ0v) is 15.6. The summed E-state index contributed by atoms with van der Waals surface area (Å²) in [6, 6.07) is 13.8. The van der Waals surface area contributed by atoms with E-state index in [-0.39, 0.29) is 10.9 Å². The first-order valence-corrected chi connectivity index (χ1v) is 8.77. The highest BCUT2D eigenvalue weighted by Crippen LogP contribution is 2.23. The molecule has 0 aliphatic heterocycles. The number of aryl methyl sites for hydroxylation is 1. The molecule has 0 aliphatic carbocycles. The highest BCUT2D eigenvalue weighted by molar-refractivity contribution is 6.31. The maximum atomic E-state index is 13.2. The average molecular weight is 377 g/mol. The summed E-state index contributed by atoms with van der Waals surface area (Å²) in [4.78, 5) is 24.8. The third-order valence-corrected chi connectivity index (χ3v) is 4.37. The Balaban J connectivity index is 1.85. The molecule has 26 heavy (non-hydrogen) atoms. The highest BCUT2D eigenvalue weighted by atomic mass is 35.5. The molecule has 2 N–H and O–H groups in total. The molecule has 0 fully saturated rings. The standard InChI is InChI=1S/C20H22ClFN2O2/c1-20(2,19(26)24-15-10-11-17(22)16(21)13-15)18(25)23-12-6-9-14-7-4-3-5-8-14/h3-5,7-8,10-11,13H,6,9,12H2,1-2H3,(H,23,25)(H,24,26). The summed E-state index contributed by atoms with van der Waals surface area (Å²) in [5.74, 6) is -1.42. The number of amides is 2. The van der Waals surface area contributed by atoms with Crippen LogP contribution in [-0.2, 0) is 16.0 Å². The minimum absolute atomic E-state index is 0.0917. The molecule has 0 spiro atoms. The van der Waals surface area contributed by atoms with Gasteiger partial charge in [0.15, 0.2) is 0 Å². The molecule has 0 radical (unpaired) electrons. The van der Waals surface area contributed by atoms with E-state index in [0.29, 0.717) is 12.2 Å².